The predicted molar refractivity (Wildman–Crippen MR) is 73.1 cm³/mol. The summed E-state index contributed by atoms with van der Waals surface area (Å²) in [6.45, 7) is 7.82. The first kappa shape index (κ1) is 12.3. The second kappa shape index (κ2) is 4.40. The minimum absolute atomic E-state index is 0.385. The lowest BCUT2D eigenvalue weighted by Crippen LogP contribution is -2.52. The molecule has 4 atom stereocenters. The second-order valence-corrected chi connectivity index (χ2v) is 6.77. The van der Waals surface area contributed by atoms with Gasteiger partial charge in [-0.2, -0.15) is 0 Å². The van der Waals surface area contributed by atoms with E-state index in [2.05, 4.69) is 18.7 Å². The van der Waals surface area contributed by atoms with E-state index < -0.39 is 0 Å². The standard InChI is InChI=1S/C16H25NO/c1-10-4-5-14-13(8-10)11(2)9-15-12(3)16(18)6-7-17(14)15/h10-11,13-14H,4-9H2,1-3H3. The van der Waals surface area contributed by atoms with E-state index in [-0.39, 0.29) is 0 Å². The minimum atomic E-state index is 0.385. The van der Waals surface area contributed by atoms with Gasteiger partial charge in [-0.1, -0.05) is 13.8 Å². The molecular formula is C16H25NO. The molecule has 1 aliphatic carbocycles. The van der Waals surface area contributed by atoms with Crippen molar-refractivity contribution in [2.45, 2.75) is 58.9 Å². The molecule has 3 aliphatic rings. The molecule has 0 aromatic carbocycles. The number of ketones is 1. The Morgan fingerprint density at radius 1 is 1.22 bits per heavy atom. The molecule has 2 aliphatic heterocycles. The third kappa shape index (κ3) is 1.81. The minimum Gasteiger partial charge on any atom is -0.371 e. The van der Waals surface area contributed by atoms with Gasteiger partial charge in [0.15, 0.2) is 5.78 Å². The molecule has 0 amide bonds. The molecule has 3 rings (SSSR count). The molecule has 4 unspecified atom stereocenters. The first-order valence-corrected chi connectivity index (χ1v) is 7.57. The molecule has 0 bridgehead atoms. The fourth-order valence-electron chi connectivity index (χ4n) is 4.42. The lowest BCUT2D eigenvalue weighted by molar-refractivity contribution is -0.117. The van der Waals surface area contributed by atoms with Crippen LogP contribution in [0.2, 0.25) is 0 Å². The zero-order valence-electron chi connectivity index (χ0n) is 11.9. The smallest absolute Gasteiger partial charge is 0.162 e. The van der Waals surface area contributed by atoms with E-state index in [9.17, 15) is 4.79 Å². The predicted octanol–water partition coefficient (Wildman–Crippen LogP) is 3.38. The number of allylic oxidation sites excluding steroid dienone is 2. The van der Waals surface area contributed by atoms with Gasteiger partial charge in [0.1, 0.15) is 0 Å². The van der Waals surface area contributed by atoms with E-state index in [1.165, 1.54) is 25.0 Å². The third-order valence-electron chi connectivity index (χ3n) is 5.55. The molecule has 0 spiro atoms. The van der Waals surface area contributed by atoms with Crippen LogP contribution in [0.3, 0.4) is 0 Å². The van der Waals surface area contributed by atoms with Crippen molar-refractivity contribution in [3.05, 3.63) is 11.3 Å². The van der Waals surface area contributed by atoms with Gasteiger partial charge in [-0.15, -0.1) is 0 Å². The quantitative estimate of drug-likeness (QED) is 0.654. The highest BCUT2D eigenvalue weighted by atomic mass is 16.1. The summed E-state index contributed by atoms with van der Waals surface area (Å²) in [6, 6.07) is 0.725. The summed E-state index contributed by atoms with van der Waals surface area (Å²) < 4.78 is 0. The van der Waals surface area contributed by atoms with Gasteiger partial charge in [0.25, 0.3) is 0 Å². The van der Waals surface area contributed by atoms with Crippen LogP contribution in [-0.2, 0) is 4.79 Å². The van der Waals surface area contributed by atoms with Crippen LogP contribution in [0.5, 0.6) is 0 Å². The Morgan fingerprint density at radius 3 is 2.78 bits per heavy atom. The van der Waals surface area contributed by atoms with E-state index in [0.29, 0.717) is 5.78 Å². The normalized spacial score (nSPS) is 40.6. The molecule has 18 heavy (non-hydrogen) atoms. The van der Waals surface area contributed by atoms with Crippen LogP contribution in [0.1, 0.15) is 52.9 Å². The van der Waals surface area contributed by atoms with Crippen LogP contribution in [0.4, 0.5) is 0 Å². The van der Waals surface area contributed by atoms with Crippen molar-refractivity contribution in [2.75, 3.05) is 6.54 Å². The molecule has 0 N–H and O–H groups in total. The Bertz CT molecular complexity index is 398. The zero-order valence-corrected chi connectivity index (χ0v) is 11.9. The highest BCUT2D eigenvalue weighted by Gasteiger charge is 2.43. The molecule has 2 nitrogen and oxygen atoms in total. The maximum Gasteiger partial charge on any atom is 0.162 e. The second-order valence-electron chi connectivity index (χ2n) is 6.77. The van der Waals surface area contributed by atoms with Gasteiger partial charge in [0, 0.05) is 30.3 Å². The average molecular weight is 247 g/mol. The van der Waals surface area contributed by atoms with E-state index in [4.69, 9.17) is 0 Å². The van der Waals surface area contributed by atoms with E-state index in [1.54, 1.807) is 0 Å². The van der Waals surface area contributed by atoms with Crippen LogP contribution in [0.15, 0.2) is 11.3 Å². The number of fused-ring (bicyclic) bond motifs is 3. The third-order valence-corrected chi connectivity index (χ3v) is 5.55. The molecule has 0 aromatic heterocycles. The molecular weight excluding hydrogens is 222 g/mol. The zero-order chi connectivity index (χ0) is 12.9. The average Bonchev–Trinajstić information content (AvgIpc) is 2.35. The largest absolute Gasteiger partial charge is 0.371 e. The van der Waals surface area contributed by atoms with Gasteiger partial charge < -0.3 is 4.90 Å². The lowest BCUT2D eigenvalue weighted by atomic mass is 9.68. The van der Waals surface area contributed by atoms with Gasteiger partial charge in [-0.3, -0.25) is 4.79 Å². The maximum atomic E-state index is 11.9. The van der Waals surface area contributed by atoms with Gasteiger partial charge >= 0.3 is 0 Å². The fraction of sp³-hybridized carbons (Fsp3) is 0.812. The summed E-state index contributed by atoms with van der Waals surface area (Å²) in [5, 5.41) is 0. The van der Waals surface area contributed by atoms with Gasteiger partial charge in [-0.05, 0) is 50.4 Å². The molecule has 100 valence electrons. The van der Waals surface area contributed by atoms with Crippen LogP contribution in [0.25, 0.3) is 0 Å². The molecule has 2 heteroatoms. The molecule has 0 aromatic rings. The maximum absolute atomic E-state index is 11.9. The van der Waals surface area contributed by atoms with Crippen LogP contribution < -0.4 is 0 Å². The fourth-order valence-corrected chi connectivity index (χ4v) is 4.42. The summed E-state index contributed by atoms with van der Waals surface area (Å²) in [7, 11) is 0. The molecule has 0 radical (unpaired) electrons. The number of hydrogen-bond donors (Lipinski definition) is 0. The Hall–Kier alpha value is -0.790. The number of carbonyl (C=O) groups is 1. The van der Waals surface area contributed by atoms with Crippen molar-refractivity contribution in [1.29, 1.82) is 0 Å². The summed E-state index contributed by atoms with van der Waals surface area (Å²) in [6.07, 6.45) is 5.96. The molecule has 1 saturated heterocycles. The highest BCUT2D eigenvalue weighted by Crippen LogP contribution is 2.46. The van der Waals surface area contributed by atoms with E-state index in [0.717, 1.165) is 48.8 Å². The summed E-state index contributed by atoms with van der Waals surface area (Å²) in [5.74, 6) is 2.89. The summed E-state index contributed by atoms with van der Waals surface area (Å²) in [4.78, 5) is 14.5. The Kier molecular flexibility index (Phi) is 2.99. The summed E-state index contributed by atoms with van der Waals surface area (Å²) in [5.41, 5.74) is 2.44. The number of piperidine rings is 1. The Labute approximate surface area is 110 Å². The highest BCUT2D eigenvalue weighted by molar-refractivity contribution is 5.96. The number of carbonyl (C=O) groups excluding carboxylic acids is 1. The SMILES string of the molecule is CC1=C2CC(C)C3CC(C)CCC3N2CCC1=O. The van der Waals surface area contributed by atoms with Crippen molar-refractivity contribution in [3.8, 4) is 0 Å². The lowest BCUT2D eigenvalue weighted by Gasteiger charge is -2.52. The number of Topliss-reactive ketones (excluding diaryl/α,β-unsaturated/α-hetero) is 1. The van der Waals surface area contributed by atoms with Gasteiger partial charge in [-0.25, -0.2) is 0 Å². The van der Waals surface area contributed by atoms with Crippen LogP contribution >= 0.6 is 0 Å². The Balaban J connectivity index is 1.92. The first-order chi connectivity index (χ1) is 8.58. The summed E-state index contributed by atoms with van der Waals surface area (Å²) >= 11 is 0. The molecule has 1 saturated carbocycles. The molecule has 2 fully saturated rings. The number of rotatable bonds is 0. The molecule has 2 heterocycles. The van der Waals surface area contributed by atoms with E-state index in [1.807, 2.05) is 6.92 Å². The van der Waals surface area contributed by atoms with Crippen molar-refractivity contribution in [3.63, 3.8) is 0 Å². The van der Waals surface area contributed by atoms with Crippen LogP contribution in [0, 0.1) is 17.8 Å². The van der Waals surface area contributed by atoms with Crippen molar-refractivity contribution in [2.24, 2.45) is 17.8 Å². The Morgan fingerprint density at radius 2 is 2.00 bits per heavy atom. The topological polar surface area (TPSA) is 20.3 Å². The van der Waals surface area contributed by atoms with Crippen molar-refractivity contribution >= 4 is 5.78 Å². The van der Waals surface area contributed by atoms with Crippen LogP contribution in [-0.4, -0.2) is 23.3 Å². The number of hydrogen-bond acceptors (Lipinski definition) is 2. The first-order valence-electron chi connectivity index (χ1n) is 7.57. The number of nitrogens with zero attached hydrogens (tertiary/aromatic N) is 1. The van der Waals surface area contributed by atoms with Crippen molar-refractivity contribution in [1.82, 2.24) is 4.90 Å². The van der Waals surface area contributed by atoms with Gasteiger partial charge in [0.05, 0.1) is 0 Å². The van der Waals surface area contributed by atoms with Crippen molar-refractivity contribution < 1.29 is 4.79 Å². The van der Waals surface area contributed by atoms with E-state index >= 15 is 0 Å². The monoisotopic (exact) mass is 247 g/mol. The van der Waals surface area contributed by atoms with Gasteiger partial charge in [0.2, 0.25) is 0 Å².